The summed E-state index contributed by atoms with van der Waals surface area (Å²) in [6.45, 7) is 3.92. The molecule has 5 nitrogen and oxygen atoms in total. The van der Waals surface area contributed by atoms with E-state index in [0.717, 1.165) is 0 Å². The van der Waals surface area contributed by atoms with Gasteiger partial charge in [0.15, 0.2) is 0 Å². The summed E-state index contributed by atoms with van der Waals surface area (Å²) in [7, 11) is 0. The molecule has 3 rings (SSSR count). The molecule has 5 heteroatoms. The SMILES string of the molecule is C=CCOc1ccc2c(=O)c3cc(C(=O)O)ccc3oc2c1. The van der Waals surface area contributed by atoms with E-state index in [0.29, 0.717) is 28.9 Å². The molecule has 0 radical (unpaired) electrons. The summed E-state index contributed by atoms with van der Waals surface area (Å²) in [5.74, 6) is -0.522. The highest BCUT2D eigenvalue weighted by atomic mass is 16.5. The predicted molar refractivity (Wildman–Crippen MR) is 82.6 cm³/mol. The minimum Gasteiger partial charge on any atom is -0.489 e. The van der Waals surface area contributed by atoms with E-state index in [1.807, 2.05) is 0 Å². The van der Waals surface area contributed by atoms with E-state index in [-0.39, 0.29) is 16.4 Å². The van der Waals surface area contributed by atoms with Crippen LogP contribution in [0.3, 0.4) is 0 Å². The molecule has 0 aliphatic carbocycles. The molecule has 1 N–H and O–H groups in total. The molecule has 0 bridgehead atoms. The summed E-state index contributed by atoms with van der Waals surface area (Å²) >= 11 is 0. The highest BCUT2D eigenvalue weighted by molar-refractivity contribution is 5.96. The Morgan fingerprint density at radius 2 is 2.00 bits per heavy atom. The van der Waals surface area contributed by atoms with Crippen LogP contribution in [0.4, 0.5) is 0 Å². The maximum absolute atomic E-state index is 12.5. The van der Waals surface area contributed by atoms with E-state index in [1.165, 1.54) is 18.2 Å². The molecule has 3 aromatic rings. The van der Waals surface area contributed by atoms with E-state index < -0.39 is 5.97 Å². The number of fused-ring (bicyclic) bond motifs is 2. The Morgan fingerprint density at radius 1 is 1.18 bits per heavy atom. The van der Waals surface area contributed by atoms with Gasteiger partial charge in [0.2, 0.25) is 5.43 Å². The molecule has 2 aromatic carbocycles. The van der Waals surface area contributed by atoms with Crippen molar-refractivity contribution >= 4 is 27.9 Å². The lowest BCUT2D eigenvalue weighted by Gasteiger charge is -2.06. The molecule has 0 amide bonds. The van der Waals surface area contributed by atoms with Gasteiger partial charge in [-0.1, -0.05) is 12.7 Å². The Morgan fingerprint density at radius 3 is 2.73 bits per heavy atom. The average molecular weight is 296 g/mol. The molecule has 110 valence electrons. The van der Waals surface area contributed by atoms with Gasteiger partial charge in [0, 0.05) is 6.07 Å². The number of hydrogen-bond acceptors (Lipinski definition) is 4. The first-order chi connectivity index (χ1) is 10.6. The van der Waals surface area contributed by atoms with Crippen molar-refractivity contribution in [3.8, 4) is 5.75 Å². The summed E-state index contributed by atoms with van der Waals surface area (Å²) in [5, 5.41) is 9.63. The van der Waals surface area contributed by atoms with Crippen molar-refractivity contribution in [3.05, 3.63) is 64.8 Å². The van der Waals surface area contributed by atoms with Crippen LogP contribution in [0.15, 0.2) is 58.3 Å². The van der Waals surface area contributed by atoms with Crippen LogP contribution in [-0.4, -0.2) is 17.7 Å². The average Bonchev–Trinajstić information content (AvgIpc) is 2.52. The third-order valence-electron chi connectivity index (χ3n) is 3.26. The van der Waals surface area contributed by atoms with Crippen molar-refractivity contribution in [2.45, 2.75) is 0 Å². The molecule has 0 aliphatic heterocycles. The van der Waals surface area contributed by atoms with Crippen molar-refractivity contribution in [1.29, 1.82) is 0 Å². The highest BCUT2D eigenvalue weighted by Crippen LogP contribution is 2.23. The maximum atomic E-state index is 12.5. The van der Waals surface area contributed by atoms with Crippen LogP contribution in [0.25, 0.3) is 21.9 Å². The zero-order chi connectivity index (χ0) is 15.7. The topological polar surface area (TPSA) is 76.7 Å². The van der Waals surface area contributed by atoms with Crippen molar-refractivity contribution in [1.82, 2.24) is 0 Å². The molecule has 0 saturated heterocycles. The highest BCUT2D eigenvalue weighted by Gasteiger charge is 2.11. The Bertz CT molecular complexity index is 952. The van der Waals surface area contributed by atoms with Crippen molar-refractivity contribution in [2.24, 2.45) is 0 Å². The van der Waals surface area contributed by atoms with Gasteiger partial charge in [-0.15, -0.1) is 0 Å². The first kappa shape index (κ1) is 13.9. The molecule has 0 saturated carbocycles. The van der Waals surface area contributed by atoms with E-state index in [9.17, 15) is 9.59 Å². The van der Waals surface area contributed by atoms with Gasteiger partial charge in [0.05, 0.1) is 16.3 Å². The van der Waals surface area contributed by atoms with Crippen LogP contribution < -0.4 is 10.2 Å². The van der Waals surface area contributed by atoms with E-state index in [2.05, 4.69) is 6.58 Å². The van der Waals surface area contributed by atoms with Gasteiger partial charge >= 0.3 is 5.97 Å². The number of carboxylic acid groups (broad SMARTS) is 1. The predicted octanol–water partition coefficient (Wildman–Crippen LogP) is 3.21. The second kappa shape index (κ2) is 5.37. The number of rotatable bonds is 4. The van der Waals surface area contributed by atoms with Crippen LogP contribution in [0.5, 0.6) is 5.75 Å². The number of carbonyl (C=O) groups is 1. The van der Waals surface area contributed by atoms with Gasteiger partial charge < -0.3 is 14.3 Å². The quantitative estimate of drug-likeness (QED) is 0.591. The van der Waals surface area contributed by atoms with E-state index in [1.54, 1.807) is 24.3 Å². The molecule has 0 atom stereocenters. The third-order valence-corrected chi connectivity index (χ3v) is 3.26. The second-order valence-electron chi connectivity index (χ2n) is 4.70. The largest absolute Gasteiger partial charge is 0.489 e. The fourth-order valence-electron chi connectivity index (χ4n) is 2.21. The molecule has 1 aromatic heterocycles. The number of hydrogen-bond donors (Lipinski definition) is 1. The summed E-state index contributed by atoms with van der Waals surface area (Å²) < 4.78 is 11.1. The van der Waals surface area contributed by atoms with Crippen LogP contribution in [-0.2, 0) is 0 Å². The molecular weight excluding hydrogens is 284 g/mol. The van der Waals surface area contributed by atoms with Crippen LogP contribution >= 0.6 is 0 Å². The summed E-state index contributed by atoms with van der Waals surface area (Å²) in [6.07, 6.45) is 1.62. The number of benzene rings is 2. The zero-order valence-electron chi connectivity index (χ0n) is 11.5. The minimum absolute atomic E-state index is 0.0464. The Hall–Kier alpha value is -3.08. The number of carboxylic acids is 1. The van der Waals surface area contributed by atoms with E-state index in [4.69, 9.17) is 14.3 Å². The minimum atomic E-state index is -1.09. The first-order valence-corrected chi connectivity index (χ1v) is 6.58. The standard InChI is InChI=1S/C17H12O5/c1-2-7-21-11-4-5-12-15(9-11)22-14-6-3-10(17(19)20)8-13(14)16(12)18/h2-6,8-9H,1,7H2,(H,19,20). The van der Waals surface area contributed by atoms with Crippen molar-refractivity contribution in [3.63, 3.8) is 0 Å². The molecule has 1 heterocycles. The molecule has 22 heavy (non-hydrogen) atoms. The van der Waals surface area contributed by atoms with Crippen LogP contribution in [0, 0.1) is 0 Å². The molecule has 0 aliphatic rings. The van der Waals surface area contributed by atoms with E-state index >= 15 is 0 Å². The third kappa shape index (κ3) is 2.33. The first-order valence-electron chi connectivity index (χ1n) is 6.58. The fraction of sp³-hybridized carbons (Fsp3) is 0.0588. The smallest absolute Gasteiger partial charge is 0.335 e. The lowest BCUT2D eigenvalue weighted by Crippen LogP contribution is -2.05. The van der Waals surface area contributed by atoms with Gasteiger partial charge in [-0.25, -0.2) is 4.79 Å². The van der Waals surface area contributed by atoms with Crippen molar-refractivity contribution in [2.75, 3.05) is 6.61 Å². The van der Waals surface area contributed by atoms with Gasteiger partial charge in [-0.3, -0.25) is 4.79 Å². The molecule has 0 unspecified atom stereocenters. The van der Waals surface area contributed by atoms with Gasteiger partial charge in [0.25, 0.3) is 0 Å². The van der Waals surface area contributed by atoms with Crippen LogP contribution in [0.2, 0.25) is 0 Å². The fourth-order valence-corrected chi connectivity index (χ4v) is 2.21. The Balaban J connectivity index is 2.24. The van der Waals surface area contributed by atoms with Gasteiger partial charge in [-0.2, -0.15) is 0 Å². The summed E-state index contributed by atoms with van der Waals surface area (Å²) in [4.78, 5) is 23.5. The zero-order valence-corrected chi connectivity index (χ0v) is 11.5. The monoisotopic (exact) mass is 296 g/mol. The summed E-state index contributed by atoms with van der Waals surface area (Å²) in [6, 6.07) is 9.10. The maximum Gasteiger partial charge on any atom is 0.335 e. The van der Waals surface area contributed by atoms with Crippen LogP contribution in [0.1, 0.15) is 10.4 Å². The van der Waals surface area contributed by atoms with Gasteiger partial charge in [-0.05, 0) is 30.3 Å². The Kier molecular flexibility index (Phi) is 3.39. The number of ether oxygens (including phenoxy) is 1. The Labute approximate surface area is 125 Å². The lowest BCUT2D eigenvalue weighted by molar-refractivity contribution is 0.0697. The second-order valence-corrected chi connectivity index (χ2v) is 4.70. The molecular formula is C17H12O5. The lowest BCUT2D eigenvalue weighted by atomic mass is 10.1. The number of aromatic carboxylic acids is 1. The molecule has 0 fully saturated rings. The van der Waals surface area contributed by atoms with Crippen molar-refractivity contribution < 1.29 is 19.1 Å². The molecule has 0 spiro atoms. The normalized spacial score (nSPS) is 10.7. The van der Waals surface area contributed by atoms with Gasteiger partial charge in [0.1, 0.15) is 23.5 Å². The summed E-state index contributed by atoms with van der Waals surface area (Å²) in [5.41, 5.74) is 0.505.